The third kappa shape index (κ3) is 3.33. The molecule has 1 aliphatic rings. The molecular weight excluding hydrogens is 348 g/mol. The van der Waals surface area contributed by atoms with Gasteiger partial charge in [0.25, 0.3) is 0 Å². The van der Waals surface area contributed by atoms with Gasteiger partial charge in [0.05, 0.1) is 10.6 Å². The van der Waals surface area contributed by atoms with E-state index in [1.807, 2.05) is 11.3 Å². The van der Waals surface area contributed by atoms with E-state index in [9.17, 15) is 0 Å². The largest absolute Gasteiger partial charge is 0.354 e. The number of fused-ring (bicyclic) bond motifs is 1. The Bertz CT molecular complexity index is 1010. The van der Waals surface area contributed by atoms with Gasteiger partial charge in [0, 0.05) is 23.0 Å². The van der Waals surface area contributed by atoms with Crippen LogP contribution in [-0.4, -0.2) is 23.0 Å². The summed E-state index contributed by atoms with van der Waals surface area (Å²) in [4.78, 5) is 7.64. The molecule has 0 atom stereocenters. The van der Waals surface area contributed by atoms with E-state index in [-0.39, 0.29) is 0 Å². The number of para-hydroxylation sites is 1. The molecule has 0 saturated carbocycles. The molecule has 2 aromatic carbocycles. The van der Waals surface area contributed by atoms with Crippen molar-refractivity contribution >= 4 is 22.2 Å². The molecule has 136 valence electrons. The van der Waals surface area contributed by atoms with E-state index in [4.69, 9.17) is 0 Å². The van der Waals surface area contributed by atoms with E-state index in [0.717, 1.165) is 6.54 Å². The molecule has 2 nitrogen and oxygen atoms in total. The summed E-state index contributed by atoms with van der Waals surface area (Å²) in [6, 6.07) is 24.1. The van der Waals surface area contributed by atoms with Crippen LogP contribution in [0.3, 0.4) is 0 Å². The Hall–Kier alpha value is -2.36. The van der Waals surface area contributed by atoms with Crippen LogP contribution >= 0.6 is 11.3 Å². The van der Waals surface area contributed by atoms with Gasteiger partial charge in [-0.3, -0.25) is 4.90 Å². The van der Waals surface area contributed by atoms with Gasteiger partial charge in [-0.2, -0.15) is 0 Å². The number of aromatic amines is 1. The van der Waals surface area contributed by atoms with Crippen LogP contribution in [0.2, 0.25) is 0 Å². The molecule has 4 aromatic rings. The number of piperidine rings is 1. The number of aromatic nitrogens is 1. The molecule has 3 heteroatoms. The Morgan fingerprint density at radius 1 is 0.889 bits per heavy atom. The number of rotatable bonds is 4. The molecule has 0 aliphatic carbocycles. The monoisotopic (exact) mass is 372 g/mol. The van der Waals surface area contributed by atoms with E-state index in [2.05, 4.69) is 82.0 Å². The van der Waals surface area contributed by atoms with Gasteiger partial charge < -0.3 is 4.98 Å². The first-order valence-corrected chi connectivity index (χ1v) is 10.7. The van der Waals surface area contributed by atoms with Crippen molar-refractivity contribution < 1.29 is 0 Å². The first-order chi connectivity index (χ1) is 13.4. The molecule has 2 aromatic heterocycles. The summed E-state index contributed by atoms with van der Waals surface area (Å²) in [5.41, 5.74) is 5.50. The minimum atomic E-state index is 0.710. The molecule has 0 bridgehead atoms. The topological polar surface area (TPSA) is 19.0 Å². The zero-order valence-electron chi connectivity index (χ0n) is 15.4. The molecule has 0 spiro atoms. The predicted molar refractivity (Wildman–Crippen MR) is 115 cm³/mol. The third-order valence-electron chi connectivity index (χ3n) is 5.82. The Labute approximate surface area is 164 Å². The summed E-state index contributed by atoms with van der Waals surface area (Å²) < 4.78 is 0. The van der Waals surface area contributed by atoms with E-state index < -0.39 is 0 Å². The molecular formula is C24H24N2S. The number of H-pyrrole nitrogens is 1. The van der Waals surface area contributed by atoms with E-state index in [1.165, 1.54) is 58.5 Å². The molecule has 0 radical (unpaired) electrons. The van der Waals surface area contributed by atoms with Crippen molar-refractivity contribution in [3.63, 3.8) is 0 Å². The Morgan fingerprint density at radius 2 is 1.67 bits per heavy atom. The summed E-state index contributed by atoms with van der Waals surface area (Å²) in [7, 11) is 0. The summed E-state index contributed by atoms with van der Waals surface area (Å²) in [6.07, 6.45) is 2.50. The fraction of sp³-hybridized carbons (Fsp3) is 0.250. The number of nitrogens with zero attached hydrogens (tertiary/aromatic N) is 1. The Balaban J connectivity index is 1.38. The maximum absolute atomic E-state index is 3.67. The lowest BCUT2D eigenvalue weighted by molar-refractivity contribution is 0.205. The molecule has 1 fully saturated rings. The Kier molecular flexibility index (Phi) is 4.56. The van der Waals surface area contributed by atoms with Gasteiger partial charge in [-0.1, -0.05) is 54.6 Å². The van der Waals surface area contributed by atoms with Crippen molar-refractivity contribution in [1.29, 1.82) is 0 Å². The summed E-state index contributed by atoms with van der Waals surface area (Å²) >= 11 is 1.82. The van der Waals surface area contributed by atoms with Crippen LogP contribution < -0.4 is 0 Å². The quantitative estimate of drug-likeness (QED) is 0.447. The fourth-order valence-corrected chi connectivity index (χ4v) is 5.12. The number of benzene rings is 2. The fourth-order valence-electron chi connectivity index (χ4n) is 4.37. The third-order valence-corrected chi connectivity index (χ3v) is 6.71. The second kappa shape index (κ2) is 7.34. The van der Waals surface area contributed by atoms with Gasteiger partial charge in [-0.25, -0.2) is 0 Å². The molecule has 1 N–H and O–H groups in total. The smallest absolute Gasteiger partial charge is 0.0611 e. The maximum Gasteiger partial charge on any atom is 0.0611 e. The van der Waals surface area contributed by atoms with Gasteiger partial charge in [-0.15, -0.1) is 11.3 Å². The second-order valence-corrected chi connectivity index (χ2v) is 8.41. The van der Waals surface area contributed by atoms with Crippen LogP contribution in [-0.2, 0) is 6.54 Å². The van der Waals surface area contributed by atoms with Crippen LogP contribution in [0.5, 0.6) is 0 Å². The zero-order valence-corrected chi connectivity index (χ0v) is 16.2. The molecule has 0 unspecified atom stereocenters. The predicted octanol–water partition coefficient (Wildman–Crippen LogP) is 6.28. The van der Waals surface area contributed by atoms with Crippen LogP contribution in [0, 0.1) is 0 Å². The van der Waals surface area contributed by atoms with Crippen molar-refractivity contribution in [3.05, 3.63) is 83.2 Å². The maximum atomic E-state index is 3.67. The number of hydrogen-bond acceptors (Lipinski definition) is 2. The van der Waals surface area contributed by atoms with Crippen molar-refractivity contribution in [2.45, 2.75) is 25.3 Å². The second-order valence-electron chi connectivity index (χ2n) is 7.46. The van der Waals surface area contributed by atoms with Crippen molar-refractivity contribution in [2.24, 2.45) is 0 Å². The highest BCUT2D eigenvalue weighted by Crippen LogP contribution is 2.35. The first kappa shape index (κ1) is 16.8. The highest BCUT2D eigenvalue weighted by Gasteiger charge is 2.23. The molecule has 1 aliphatic heterocycles. The molecule has 1 saturated heterocycles. The van der Waals surface area contributed by atoms with Gasteiger partial charge >= 0.3 is 0 Å². The minimum absolute atomic E-state index is 0.710. The van der Waals surface area contributed by atoms with E-state index in [1.54, 1.807) is 0 Å². The highest BCUT2D eigenvalue weighted by atomic mass is 32.1. The van der Waals surface area contributed by atoms with Crippen LogP contribution in [0.25, 0.3) is 21.5 Å². The van der Waals surface area contributed by atoms with Gasteiger partial charge in [0.2, 0.25) is 0 Å². The summed E-state index contributed by atoms with van der Waals surface area (Å²) in [5.74, 6) is 0.710. The number of hydrogen-bond donors (Lipinski definition) is 1. The molecule has 3 heterocycles. The van der Waals surface area contributed by atoms with Crippen molar-refractivity contribution in [1.82, 2.24) is 9.88 Å². The van der Waals surface area contributed by atoms with E-state index in [0.29, 0.717) is 5.92 Å². The highest BCUT2D eigenvalue weighted by molar-refractivity contribution is 7.13. The summed E-state index contributed by atoms with van der Waals surface area (Å²) in [5, 5.41) is 3.53. The van der Waals surface area contributed by atoms with Gasteiger partial charge in [0.15, 0.2) is 0 Å². The first-order valence-electron chi connectivity index (χ1n) is 9.79. The average molecular weight is 373 g/mol. The number of nitrogens with one attached hydrogen (secondary N) is 1. The van der Waals surface area contributed by atoms with Crippen molar-refractivity contribution in [3.8, 4) is 10.6 Å². The van der Waals surface area contributed by atoms with Gasteiger partial charge in [-0.05, 0) is 54.9 Å². The van der Waals surface area contributed by atoms with Crippen LogP contribution in [0.4, 0.5) is 0 Å². The summed E-state index contributed by atoms with van der Waals surface area (Å²) in [6.45, 7) is 3.37. The standard InChI is InChI=1S/C24H24N2S/c1-2-7-18(8-3-1)19-12-14-26(15-13-19)17-21-20-9-4-5-10-22(20)25-24(21)23-11-6-16-27-23/h1-11,16,19,25H,12-15,17H2. The number of thiophene rings is 1. The minimum Gasteiger partial charge on any atom is -0.354 e. The zero-order chi connectivity index (χ0) is 18.1. The normalized spacial score (nSPS) is 16.1. The van der Waals surface area contributed by atoms with Gasteiger partial charge in [0.1, 0.15) is 0 Å². The SMILES string of the molecule is c1ccc(C2CCN(Cc3c(-c4cccs4)[nH]c4ccccc34)CC2)cc1. The van der Waals surface area contributed by atoms with Crippen LogP contribution in [0.1, 0.15) is 29.9 Å². The van der Waals surface area contributed by atoms with Crippen LogP contribution in [0.15, 0.2) is 72.1 Å². The lowest BCUT2D eigenvalue weighted by Crippen LogP contribution is -2.32. The van der Waals surface area contributed by atoms with E-state index >= 15 is 0 Å². The lowest BCUT2D eigenvalue weighted by atomic mass is 9.89. The lowest BCUT2D eigenvalue weighted by Gasteiger charge is -2.32. The molecule has 27 heavy (non-hydrogen) atoms. The average Bonchev–Trinajstić information content (AvgIpc) is 3.38. The molecule has 0 amide bonds. The van der Waals surface area contributed by atoms with Crippen molar-refractivity contribution in [2.75, 3.05) is 13.1 Å². The number of likely N-dealkylation sites (tertiary alicyclic amines) is 1. The Morgan fingerprint density at radius 3 is 2.44 bits per heavy atom. The molecule has 5 rings (SSSR count).